The van der Waals surface area contributed by atoms with Crippen LogP contribution in [-0.4, -0.2) is 41.8 Å². The number of methoxy groups -OCH3 is 1. The van der Waals surface area contributed by atoms with E-state index in [-0.39, 0.29) is 22.9 Å². The molecule has 6 nitrogen and oxygen atoms in total. The highest BCUT2D eigenvalue weighted by molar-refractivity contribution is 7.89. The van der Waals surface area contributed by atoms with Crippen molar-refractivity contribution in [2.45, 2.75) is 24.9 Å². The molecule has 146 valence electrons. The largest absolute Gasteiger partial charge is 0.443 e. The van der Waals surface area contributed by atoms with Crippen LogP contribution in [-0.2, 0) is 14.8 Å². The highest BCUT2D eigenvalue weighted by Gasteiger charge is 2.34. The fourth-order valence-electron chi connectivity index (χ4n) is 3.38. The molecule has 0 unspecified atom stereocenters. The summed E-state index contributed by atoms with van der Waals surface area (Å²) in [6.07, 6.45) is 1.72. The summed E-state index contributed by atoms with van der Waals surface area (Å²) in [5.41, 5.74) is 0.878. The van der Waals surface area contributed by atoms with Gasteiger partial charge in [0.15, 0.2) is 0 Å². The Morgan fingerprint density at radius 3 is 2.69 bits per heavy atom. The number of nitrogens with one attached hydrogen (secondary N) is 2. The zero-order valence-corrected chi connectivity index (χ0v) is 17.2. The van der Waals surface area contributed by atoms with Crippen LogP contribution < -0.4 is 10.0 Å². The molecule has 1 aliphatic rings. The molecule has 9 heteroatoms. The van der Waals surface area contributed by atoms with Gasteiger partial charge in [-0.2, -0.15) is 0 Å². The van der Waals surface area contributed by atoms with E-state index in [4.69, 9.17) is 20.8 Å². The Hall–Kier alpha value is -0.830. The first-order valence-corrected chi connectivity index (χ1v) is 10.1. The number of sulfonamides is 1. The molecule has 1 fully saturated rings. The molecule has 0 aliphatic carbocycles. The molecule has 1 aliphatic heterocycles. The van der Waals surface area contributed by atoms with Gasteiger partial charge in [-0.25, -0.2) is 13.1 Å². The van der Waals surface area contributed by atoms with E-state index < -0.39 is 10.0 Å². The second-order valence-corrected chi connectivity index (χ2v) is 8.77. The molecular weight excluding hydrogens is 399 g/mol. The maximum absolute atomic E-state index is 12.8. The van der Waals surface area contributed by atoms with Crippen LogP contribution in [0.5, 0.6) is 0 Å². The summed E-state index contributed by atoms with van der Waals surface area (Å²) in [7, 11) is -2.11. The number of aryl methyl sites for hydroxylation is 1. The average molecular weight is 423 g/mol. The Morgan fingerprint density at radius 1 is 1.35 bits per heavy atom. The smallest absolute Gasteiger partial charge is 0.274 e. The van der Waals surface area contributed by atoms with E-state index in [1.807, 2.05) is 0 Å². The van der Waals surface area contributed by atoms with E-state index in [0.717, 1.165) is 25.9 Å². The van der Waals surface area contributed by atoms with E-state index in [1.54, 1.807) is 32.2 Å². The van der Waals surface area contributed by atoms with Crippen molar-refractivity contribution in [1.82, 2.24) is 10.0 Å². The molecular formula is C17H24Cl2N2O4S. The van der Waals surface area contributed by atoms with Gasteiger partial charge in [0.1, 0.15) is 5.58 Å². The first-order valence-electron chi connectivity index (χ1n) is 8.25. The van der Waals surface area contributed by atoms with Crippen LogP contribution in [0.15, 0.2) is 27.7 Å². The fraction of sp³-hybridized carbons (Fsp3) is 0.529. The number of benzene rings is 1. The predicted molar refractivity (Wildman–Crippen MR) is 105 cm³/mol. The Morgan fingerprint density at radius 2 is 2.04 bits per heavy atom. The third-order valence-corrected chi connectivity index (χ3v) is 6.49. The van der Waals surface area contributed by atoms with Gasteiger partial charge in [0.05, 0.1) is 6.61 Å². The van der Waals surface area contributed by atoms with Crippen molar-refractivity contribution in [1.29, 1.82) is 0 Å². The van der Waals surface area contributed by atoms with Gasteiger partial charge in [0.25, 0.3) is 10.0 Å². The zero-order chi connectivity index (χ0) is 18.1. The van der Waals surface area contributed by atoms with Gasteiger partial charge in [0, 0.05) is 35.0 Å². The van der Waals surface area contributed by atoms with Gasteiger partial charge in [0.2, 0.25) is 5.09 Å². The number of fused-ring (bicyclic) bond motifs is 1. The quantitative estimate of drug-likeness (QED) is 0.747. The van der Waals surface area contributed by atoms with Gasteiger partial charge < -0.3 is 14.5 Å². The second kappa shape index (κ2) is 8.46. The Balaban J connectivity index is 0.00000243. The average Bonchev–Trinajstić information content (AvgIpc) is 2.92. The van der Waals surface area contributed by atoms with E-state index in [9.17, 15) is 8.42 Å². The Labute approximate surface area is 165 Å². The highest BCUT2D eigenvalue weighted by Crippen LogP contribution is 2.32. The minimum atomic E-state index is -3.76. The van der Waals surface area contributed by atoms with Gasteiger partial charge in [-0.3, -0.25) is 0 Å². The minimum absolute atomic E-state index is 0. The maximum Gasteiger partial charge on any atom is 0.274 e. The van der Waals surface area contributed by atoms with Gasteiger partial charge in [-0.1, -0.05) is 11.6 Å². The first kappa shape index (κ1) is 21.5. The fourth-order valence-corrected chi connectivity index (χ4v) is 4.89. The van der Waals surface area contributed by atoms with Crippen LogP contribution in [0.3, 0.4) is 0 Å². The van der Waals surface area contributed by atoms with Crippen LogP contribution in [0.2, 0.25) is 5.02 Å². The zero-order valence-electron chi connectivity index (χ0n) is 14.8. The van der Waals surface area contributed by atoms with Crippen molar-refractivity contribution >= 4 is 45.0 Å². The van der Waals surface area contributed by atoms with Gasteiger partial charge in [-0.05, 0) is 51.1 Å². The molecule has 0 amide bonds. The summed E-state index contributed by atoms with van der Waals surface area (Å²) in [6.45, 7) is 4.28. The van der Waals surface area contributed by atoms with Crippen molar-refractivity contribution in [2.75, 3.05) is 33.4 Å². The lowest BCUT2D eigenvalue weighted by Crippen LogP contribution is -2.47. The van der Waals surface area contributed by atoms with Crippen LogP contribution in [0.25, 0.3) is 11.0 Å². The number of piperidine rings is 1. The Bertz CT molecular complexity index is 856. The SMILES string of the molecule is COCC1(CNS(=O)(=O)c2oc3ccc(Cl)cc3c2C)CCNCC1.Cl. The molecule has 2 N–H and O–H groups in total. The molecule has 1 aromatic heterocycles. The molecule has 2 aromatic rings. The van der Waals surface area contributed by atoms with E-state index in [1.165, 1.54) is 0 Å². The lowest BCUT2D eigenvalue weighted by atomic mass is 9.80. The topological polar surface area (TPSA) is 80.6 Å². The van der Waals surface area contributed by atoms with Crippen molar-refractivity contribution < 1.29 is 17.6 Å². The number of hydrogen-bond donors (Lipinski definition) is 2. The Kier molecular flexibility index (Phi) is 6.98. The third-order valence-electron chi connectivity index (χ3n) is 4.85. The first-order chi connectivity index (χ1) is 11.9. The monoisotopic (exact) mass is 422 g/mol. The standard InChI is InChI=1S/C17H23ClN2O4S.ClH/c1-12-14-9-13(18)3-4-15(14)24-16(12)25(21,22)20-10-17(11-23-2)5-7-19-8-6-17;/h3-4,9,19-20H,5-8,10-11H2,1-2H3;1H. The van der Waals surface area contributed by atoms with Crippen LogP contribution in [0, 0.1) is 12.3 Å². The number of halogens is 2. The maximum atomic E-state index is 12.8. The molecule has 0 radical (unpaired) electrons. The summed E-state index contributed by atoms with van der Waals surface area (Å²) in [5, 5.41) is 4.50. The summed E-state index contributed by atoms with van der Waals surface area (Å²) < 4.78 is 39.3. The summed E-state index contributed by atoms with van der Waals surface area (Å²) in [5.74, 6) is 0. The number of ether oxygens (including phenoxy) is 1. The number of furan rings is 1. The van der Waals surface area contributed by atoms with Gasteiger partial charge >= 0.3 is 0 Å². The molecule has 1 saturated heterocycles. The molecule has 0 bridgehead atoms. The van der Waals surface area contributed by atoms with Gasteiger partial charge in [-0.15, -0.1) is 12.4 Å². The number of rotatable bonds is 6. The summed E-state index contributed by atoms with van der Waals surface area (Å²) in [4.78, 5) is 0. The summed E-state index contributed by atoms with van der Waals surface area (Å²) >= 11 is 6.00. The number of hydrogen-bond acceptors (Lipinski definition) is 5. The lowest BCUT2D eigenvalue weighted by Gasteiger charge is -2.37. The van der Waals surface area contributed by atoms with E-state index in [2.05, 4.69) is 10.0 Å². The normalized spacial score (nSPS) is 17.2. The molecule has 0 atom stereocenters. The minimum Gasteiger partial charge on any atom is -0.443 e. The van der Waals surface area contributed by atoms with Crippen LogP contribution in [0.1, 0.15) is 18.4 Å². The molecule has 2 heterocycles. The molecule has 0 saturated carbocycles. The van der Waals surface area contributed by atoms with Crippen LogP contribution >= 0.6 is 24.0 Å². The van der Waals surface area contributed by atoms with Crippen molar-refractivity contribution in [3.8, 4) is 0 Å². The molecule has 26 heavy (non-hydrogen) atoms. The molecule has 3 rings (SSSR count). The second-order valence-electron chi connectivity index (χ2n) is 6.66. The van der Waals surface area contributed by atoms with E-state index >= 15 is 0 Å². The lowest BCUT2D eigenvalue weighted by molar-refractivity contribution is 0.0576. The van der Waals surface area contributed by atoms with E-state index in [0.29, 0.717) is 34.7 Å². The third kappa shape index (κ3) is 4.35. The molecule has 1 aromatic carbocycles. The predicted octanol–water partition coefficient (Wildman–Crippen LogP) is 3.11. The van der Waals surface area contributed by atoms with Crippen LogP contribution in [0.4, 0.5) is 0 Å². The highest BCUT2D eigenvalue weighted by atomic mass is 35.5. The van der Waals surface area contributed by atoms with Crippen molar-refractivity contribution in [2.24, 2.45) is 5.41 Å². The summed E-state index contributed by atoms with van der Waals surface area (Å²) in [6, 6.07) is 5.08. The van der Waals surface area contributed by atoms with Crippen molar-refractivity contribution in [3.05, 3.63) is 28.8 Å². The van der Waals surface area contributed by atoms with Crippen molar-refractivity contribution in [3.63, 3.8) is 0 Å². The molecule has 0 spiro atoms.